The highest BCUT2D eigenvalue weighted by molar-refractivity contribution is 5.63. The molecule has 1 aromatic heterocycles. The van der Waals surface area contributed by atoms with E-state index in [4.69, 9.17) is 5.26 Å². The average Bonchev–Trinajstić information content (AvgIpc) is 2.55. The summed E-state index contributed by atoms with van der Waals surface area (Å²) in [5.41, 5.74) is 4.39. The fraction of sp³-hybridized carbons (Fsp3) is 0.105. The Kier molecular flexibility index (Phi) is 4.03. The van der Waals surface area contributed by atoms with Crippen LogP contribution in [0.25, 0.3) is 11.4 Å². The van der Waals surface area contributed by atoms with Gasteiger partial charge in [-0.05, 0) is 37.6 Å². The molecule has 0 bridgehead atoms. The molecule has 3 aromatic rings. The van der Waals surface area contributed by atoms with E-state index in [1.165, 1.54) is 0 Å². The average molecular weight is 300 g/mol. The summed E-state index contributed by atoms with van der Waals surface area (Å²) in [6.07, 6.45) is 0. The van der Waals surface area contributed by atoms with Crippen molar-refractivity contribution < 1.29 is 0 Å². The van der Waals surface area contributed by atoms with Crippen LogP contribution in [0.5, 0.6) is 0 Å². The molecule has 0 radical (unpaired) electrons. The van der Waals surface area contributed by atoms with E-state index in [9.17, 15) is 0 Å². The van der Waals surface area contributed by atoms with Crippen LogP contribution < -0.4 is 5.32 Å². The predicted molar refractivity (Wildman–Crippen MR) is 91.4 cm³/mol. The van der Waals surface area contributed by atoms with E-state index in [1.807, 2.05) is 68.4 Å². The minimum absolute atomic E-state index is 0.680. The van der Waals surface area contributed by atoms with Crippen molar-refractivity contribution >= 4 is 11.5 Å². The molecule has 4 heteroatoms. The molecule has 0 aliphatic heterocycles. The first-order valence-electron chi connectivity index (χ1n) is 7.34. The van der Waals surface area contributed by atoms with Crippen LogP contribution in [0, 0.1) is 25.2 Å². The molecule has 0 spiro atoms. The predicted octanol–water partition coefficient (Wildman–Crippen LogP) is 4.38. The Hall–Kier alpha value is -3.19. The van der Waals surface area contributed by atoms with Gasteiger partial charge in [-0.15, -0.1) is 0 Å². The highest BCUT2D eigenvalue weighted by Crippen LogP contribution is 2.22. The van der Waals surface area contributed by atoms with Gasteiger partial charge in [0.15, 0.2) is 5.82 Å². The molecule has 0 saturated carbocycles. The molecule has 0 fully saturated rings. The van der Waals surface area contributed by atoms with Gasteiger partial charge in [-0.3, -0.25) is 0 Å². The standard InChI is InChI=1S/C19H16N4/c1-13-10-17(9-8-16(13)12-20)22-18-11-14(2)21-19(23-18)15-6-4-3-5-7-15/h3-11H,1-2H3,(H,21,22,23). The Morgan fingerprint density at radius 1 is 0.957 bits per heavy atom. The first-order valence-corrected chi connectivity index (χ1v) is 7.34. The molecule has 2 aromatic carbocycles. The zero-order valence-corrected chi connectivity index (χ0v) is 13.0. The zero-order valence-electron chi connectivity index (χ0n) is 13.0. The summed E-state index contributed by atoms with van der Waals surface area (Å²) < 4.78 is 0. The van der Waals surface area contributed by atoms with E-state index >= 15 is 0 Å². The minimum atomic E-state index is 0.680. The third kappa shape index (κ3) is 3.35. The van der Waals surface area contributed by atoms with Crippen molar-refractivity contribution in [2.24, 2.45) is 0 Å². The Morgan fingerprint density at radius 2 is 1.74 bits per heavy atom. The molecule has 112 valence electrons. The van der Waals surface area contributed by atoms with Crippen LogP contribution in [0.1, 0.15) is 16.8 Å². The number of rotatable bonds is 3. The maximum Gasteiger partial charge on any atom is 0.161 e. The second-order valence-electron chi connectivity index (χ2n) is 5.35. The van der Waals surface area contributed by atoms with Gasteiger partial charge in [0.25, 0.3) is 0 Å². The van der Waals surface area contributed by atoms with Crippen molar-refractivity contribution in [1.82, 2.24) is 9.97 Å². The van der Waals surface area contributed by atoms with Crippen LogP contribution in [0.3, 0.4) is 0 Å². The number of nitrogens with one attached hydrogen (secondary N) is 1. The molecule has 1 N–H and O–H groups in total. The number of aryl methyl sites for hydroxylation is 2. The van der Waals surface area contributed by atoms with Gasteiger partial charge in [0, 0.05) is 23.0 Å². The van der Waals surface area contributed by atoms with Gasteiger partial charge in [-0.2, -0.15) is 5.26 Å². The van der Waals surface area contributed by atoms with Crippen molar-refractivity contribution in [3.8, 4) is 17.5 Å². The largest absolute Gasteiger partial charge is 0.340 e. The topological polar surface area (TPSA) is 61.6 Å². The number of hydrogen-bond donors (Lipinski definition) is 1. The van der Waals surface area contributed by atoms with Gasteiger partial charge in [-0.25, -0.2) is 9.97 Å². The molecular weight excluding hydrogens is 284 g/mol. The normalized spacial score (nSPS) is 10.1. The lowest BCUT2D eigenvalue weighted by Crippen LogP contribution is -1.99. The van der Waals surface area contributed by atoms with E-state index in [-0.39, 0.29) is 0 Å². The molecule has 0 aliphatic carbocycles. The second kappa shape index (κ2) is 6.29. The van der Waals surface area contributed by atoms with E-state index in [0.29, 0.717) is 11.4 Å². The van der Waals surface area contributed by atoms with Crippen LogP contribution >= 0.6 is 0 Å². The molecule has 0 amide bonds. The summed E-state index contributed by atoms with van der Waals surface area (Å²) >= 11 is 0. The Balaban J connectivity index is 1.93. The molecule has 0 aliphatic rings. The lowest BCUT2D eigenvalue weighted by atomic mass is 10.1. The molecule has 0 unspecified atom stereocenters. The first kappa shape index (κ1) is 14.7. The number of anilines is 2. The van der Waals surface area contributed by atoms with Crippen molar-refractivity contribution in [2.45, 2.75) is 13.8 Å². The quantitative estimate of drug-likeness (QED) is 0.780. The molecule has 4 nitrogen and oxygen atoms in total. The van der Waals surface area contributed by atoms with Crippen molar-refractivity contribution in [1.29, 1.82) is 5.26 Å². The molecule has 23 heavy (non-hydrogen) atoms. The number of nitrogens with zero attached hydrogens (tertiary/aromatic N) is 3. The lowest BCUT2D eigenvalue weighted by Gasteiger charge is -2.10. The SMILES string of the molecule is Cc1cc(Nc2ccc(C#N)c(C)c2)nc(-c2ccccc2)n1. The second-order valence-corrected chi connectivity index (χ2v) is 5.35. The van der Waals surface area contributed by atoms with Crippen LogP contribution in [0.15, 0.2) is 54.6 Å². The highest BCUT2D eigenvalue weighted by Gasteiger charge is 2.06. The van der Waals surface area contributed by atoms with Gasteiger partial charge in [0.05, 0.1) is 11.6 Å². The summed E-state index contributed by atoms with van der Waals surface area (Å²) in [6.45, 7) is 3.87. The van der Waals surface area contributed by atoms with E-state index in [2.05, 4.69) is 21.4 Å². The fourth-order valence-corrected chi connectivity index (χ4v) is 2.36. The lowest BCUT2D eigenvalue weighted by molar-refractivity contribution is 1.11. The zero-order chi connectivity index (χ0) is 16.2. The monoisotopic (exact) mass is 300 g/mol. The third-order valence-electron chi connectivity index (χ3n) is 3.51. The number of hydrogen-bond acceptors (Lipinski definition) is 4. The Morgan fingerprint density at radius 3 is 2.43 bits per heavy atom. The van der Waals surface area contributed by atoms with E-state index < -0.39 is 0 Å². The summed E-state index contributed by atoms with van der Waals surface area (Å²) in [5.74, 6) is 1.43. The summed E-state index contributed by atoms with van der Waals surface area (Å²) in [4.78, 5) is 9.08. The van der Waals surface area contributed by atoms with Crippen molar-refractivity contribution in [3.63, 3.8) is 0 Å². The van der Waals surface area contributed by atoms with Crippen LogP contribution in [0.2, 0.25) is 0 Å². The van der Waals surface area contributed by atoms with Crippen LogP contribution in [-0.2, 0) is 0 Å². The van der Waals surface area contributed by atoms with E-state index in [1.54, 1.807) is 0 Å². The summed E-state index contributed by atoms with van der Waals surface area (Å²) in [5, 5.41) is 12.3. The first-order chi connectivity index (χ1) is 11.2. The smallest absolute Gasteiger partial charge is 0.161 e. The van der Waals surface area contributed by atoms with Gasteiger partial charge in [0.1, 0.15) is 5.82 Å². The molecular formula is C19H16N4. The highest BCUT2D eigenvalue weighted by atomic mass is 15.0. The van der Waals surface area contributed by atoms with Crippen LogP contribution in [-0.4, -0.2) is 9.97 Å². The van der Waals surface area contributed by atoms with Gasteiger partial charge >= 0.3 is 0 Å². The van der Waals surface area contributed by atoms with Gasteiger partial charge in [-0.1, -0.05) is 30.3 Å². The minimum Gasteiger partial charge on any atom is -0.340 e. The molecule has 3 rings (SSSR count). The van der Waals surface area contributed by atoms with Crippen LogP contribution in [0.4, 0.5) is 11.5 Å². The van der Waals surface area contributed by atoms with E-state index in [0.717, 1.165) is 28.3 Å². The van der Waals surface area contributed by atoms with Crippen molar-refractivity contribution in [3.05, 3.63) is 71.4 Å². The van der Waals surface area contributed by atoms with Gasteiger partial charge < -0.3 is 5.32 Å². The van der Waals surface area contributed by atoms with Crippen molar-refractivity contribution in [2.75, 3.05) is 5.32 Å². The number of benzene rings is 2. The molecule has 0 atom stereocenters. The number of nitriles is 1. The third-order valence-corrected chi connectivity index (χ3v) is 3.51. The maximum absolute atomic E-state index is 9.01. The maximum atomic E-state index is 9.01. The number of aromatic nitrogens is 2. The summed E-state index contributed by atoms with van der Waals surface area (Å²) in [6, 6.07) is 19.6. The fourth-order valence-electron chi connectivity index (χ4n) is 2.36. The summed E-state index contributed by atoms with van der Waals surface area (Å²) in [7, 11) is 0. The van der Waals surface area contributed by atoms with Gasteiger partial charge in [0.2, 0.25) is 0 Å². The molecule has 1 heterocycles. The Labute approximate surface area is 135 Å². The Bertz CT molecular complexity index is 880. The molecule has 0 saturated heterocycles.